The van der Waals surface area contributed by atoms with Gasteiger partial charge in [0.1, 0.15) is 0 Å². The van der Waals surface area contributed by atoms with Crippen molar-refractivity contribution in [2.75, 3.05) is 27.3 Å². The molecule has 1 aliphatic rings. The normalized spacial score (nSPS) is 18.4. The second-order valence-corrected chi connectivity index (χ2v) is 5.54. The summed E-state index contributed by atoms with van der Waals surface area (Å²) in [4.78, 5) is 19.1. The molecule has 2 rings (SSSR count). The number of benzene rings is 1. The van der Waals surface area contributed by atoms with Crippen LogP contribution >= 0.6 is 11.8 Å². The number of aliphatic imine (C=N–C) groups is 1. The summed E-state index contributed by atoms with van der Waals surface area (Å²) in [7, 11) is 3.19. The first-order chi connectivity index (χ1) is 10.6. The first-order valence-corrected chi connectivity index (χ1v) is 7.94. The number of carbonyl (C=O) groups excluding carboxylic acids is 1. The number of rotatable bonds is 5. The summed E-state index contributed by atoms with van der Waals surface area (Å²) in [6.45, 7) is 5.19. The van der Waals surface area contributed by atoms with E-state index in [1.165, 1.54) is 11.8 Å². The number of thioether (sulfide) groups is 1. The fourth-order valence-corrected chi connectivity index (χ4v) is 3.24. The Morgan fingerprint density at radius 3 is 2.55 bits per heavy atom. The largest absolute Gasteiger partial charge is 0.493 e. The maximum Gasteiger partial charge on any atom is 0.266 e. The number of likely N-dealkylation sites (N-methyl/N-ethyl adjacent to an activating group) is 1. The number of methoxy groups -OCH3 is 2. The molecule has 1 amide bonds. The maximum absolute atomic E-state index is 12.4. The summed E-state index contributed by atoms with van der Waals surface area (Å²) < 4.78 is 10.5. The van der Waals surface area contributed by atoms with Crippen molar-refractivity contribution >= 4 is 28.9 Å². The lowest BCUT2D eigenvalue weighted by Crippen LogP contribution is -2.28. The predicted molar refractivity (Wildman–Crippen MR) is 90.5 cm³/mol. The quantitative estimate of drug-likeness (QED) is 0.783. The number of nitrogens with zero attached hydrogens (tertiary/aromatic N) is 2. The van der Waals surface area contributed by atoms with Crippen LogP contribution in [0.25, 0.3) is 6.08 Å². The molecule has 0 aromatic heterocycles. The SMILES string of the molecule is CCN=C1S/C(=C\c2ccc(OC)c(OC)c2)C(=O)N1CC. The number of amides is 1. The predicted octanol–water partition coefficient (Wildman–Crippen LogP) is 3.02. The lowest BCUT2D eigenvalue weighted by Gasteiger charge is -2.11. The van der Waals surface area contributed by atoms with Crippen molar-refractivity contribution < 1.29 is 14.3 Å². The van der Waals surface area contributed by atoms with Crippen LogP contribution in [-0.4, -0.2) is 43.3 Å². The molecule has 1 aliphatic heterocycles. The Bertz CT molecular complexity index is 626. The van der Waals surface area contributed by atoms with E-state index >= 15 is 0 Å². The average molecular weight is 320 g/mol. The van der Waals surface area contributed by atoms with Gasteiger partial charge in [0.2, 0.25) is 0 Å². The van der Waals surface area contributed by atoms with E-state index in [9.17, 15) is 4.79 Å². The van der Waals surface area contributed by atoms with Crippen LogP contribution in [0, 0.1) is 0 Å². The van der Waals surface area contributed by atoms with Gasteiger partial charge in [0.25, 0.3) is 5.91 Å². The molecule has 1 aromatic rings. The molecule has 0 atom stereocenters. The van der Waals surface area contributed by atoms with Crippen LogP contribution in [0.15, 0.2) is 28.1 Å². The van der Waals surface area contributed by atoms with Gasteiger partial charge >= 0.3 is 0 Å². The highest BCUT2D eigenvalue weighted by Crippen LogP contribution is 2.34. The van der Waals surface area contributed by atoms with E-state index in [0.717, 1.165) is 10.7 Å². The molecule has 5 nitrogen and oxygen atoms in total. The van der Waals surface area contributed by atoms with E-state index in [1.54, 1.807) is 19.1 Å². The molecule has 118 valence electrons. The van der Waals surface area contributed by atoms with Gasteiger partial charge in [0, 0.05) is 13.1 Å². The molecule has 22 heavy (non-hydrogen) atoms. The zero-order chi connectivity index (χ0) is 16.1. The maximum atomic E-state index is 12.4. The molecule has 1 aromatic carbocycles. The Hall–Kier alpha value is -1.95. The molecule has 6 heteroatoms. The van der Waals surface area contributed by atoms with Crippen LogP contribution in [-0.2, 0) is 4.79 Å². The summed E-state index contributed by atoms with van der Waals surface area (Å²) in [6.07, 6.45) is 1.86. The van der Waals surface area contributed by atoms with Crippen molar-refractivity contribution in [2.45, 2.75) is 13.8 Å². The standard InChI is InChI=1S/C16H20N2O3S/c1-5-17-16-18(6-2)15(19)14(22-16)10-11-7-8-12(20-3)13(9-11)21-4/h7-10H,5-6H2,1-4H3/b14-10-,17-16?. The Morgan fingerprint density at radius 2 is 1.95 bits per heavy atom. The Kier molecular flexibility index (Phi) is 5.49. The Balaban J connectivity index is 2.33. The van der Waals surface area contributed by atoms with Crippen molar-refractivity contribution in [3.05, 3.63) is 28.7 Å². The average Bonchev–Trinajstić information content (AvgIpc) is 2.82. The van der Waals surface area contributed by atoms with E-state index in [2.05, 4.69) is 4.99 Å². The van der Waals surface area contributed by atoms with Crippen molar-refractivity contribution in [1.82, 2.24) is 4.90 Å². The summed E-state index contributed by atoms with van der Waals surface area (Å²) in [5, 5.41) is 0.765. The molecular weight excluding hydrogens is 300 g/mol. The first-order valence-electron chi connectivity index (χ1n) is 7.12. The zero-order valence-electron chi connectivity index (χ0n) is 13.3. The molecule has 0 saturated carbocycles. The van der Waals surface area contributed by atoms with E-state index in [-0.39, 0.29) is 5.91 Å². The van der Waals surface area contributed by atoms with Crippen LogP contribution in [0.3, 0.4) is 0 Å². The number of amidine groups is 1. The Morgan fingerprint density at radius 1 is 1.23 bits per heavy atom. The second kappa shape index (κ2) is 7.35. The van der Waals surface area contributed by atoms with E-state index in [4.69, 9.17) is 9.47 Å². The first kappa shape index (κ1) is 16.4. The summed E-state index contributed by atoms with van der Waals surface area (Å²) in [5.74, 6) is 1.30. The minimum atomic E-state index is -0.00511. The van der Waals surface area contributed by atoms with Crippen LogP contribution < -0.4 is 9.47 Å². The van der Waals surface area contributed by atoms with Gasteiger partial charge in [-0.1, -0.05) is 6.07 Å². The molecule has 0 bridgehead atoms. The van der Waals surface area contributed by atoms with E-state index in [0.29, 0.717) is 29.5 Å². The summed E-state index contributed by atoms with van der Waals surface area (Å²) >= 11 is 1.41. The fourth-order valence-electron chi connectivity index (χ4n) is 2.13. The van der Waals surface area contributed by atoms with E-state index in [1.807, 2.05) is 38.1 Å². The second-order valence-electron chi connectivity index (χ2n) is 4.53. The highest BCUT2D eigenvalue weighted by Gasteiger charge is 2.31. The molecule has 1 heterocycles. The van der Waals surface area contributed by atoms with Gasteiger partial charge < -0.3 is 9.47 Å². The van der Waals surface area contributed by atoms with Gasteiger partial charge in [-0.2, -0.15) is 0 Å². The van der Waals surface area contributed by atoms with Crippen molar-refractivity contribution in [1.29, 1.82) is 0 Å². The highest BCUT2D eigenvalue weighted by atomic mass is 32.2. The van der Waals surface area contributed by atoms with Gasteiger partial charge in [-0.25, -0.2) is 0 Å². The Labute approximate surface area is 135 Å². The van der Waals surface area contributed by atoms with Crippen LogP contribution in [0.1, 0.15) is 19.4 Å². The molecule has 0 N–H and O–H groups in total. The van der Waals surface area contributed by atoms with Crippen molar-refractivity contribution in [2.24, 2.45) is 4.99 Å². The highest BCUT2D eigenvalue weighted by molar-refractivity contribution is 8.18. The third kappa shape index (κ3) is 3.27. The van der Waals surface area contributed by atoms with Crippen molar-refractivity contribution in [3.63, 3.8) is 0 Å². The minimum Gasteiger partial charge on any atom is -0.493 e. The summed E-state index contributed by atoms with van der Waals surface area (Å²) in [6, 6.07) is 5.58. The van der Waals surface area contributed by atoms with Crippen LogP contribution in [0.4, 0.5) is 0 Å². The van der Waals surface area contributed by atoms with Gasteiger partial charge in [-0.15, -0.1) is 0 Å². The third-order valence-corrected chi connectivity index (χ3v) is 4.25. The molecule has 1 fully saturated rings. The fraction of sp³-hybridized carbons (Fsp3) is 0.375. The lowest BCUT2D eigenvalue weighted by molar-refractivity contribution is -0.122. The molecular formula is C16H20N2O3S. The third-order valence-electron chi connectivity index (χ3n) is 3.20. The molecule has 0 radical (unpaired) electrons. The molecule has 0 aliphatic carbocycles. The van der Waals surface area contributed by atoms with E-state index < -0.39 is 0 Å². The monoisotopic (exact) mass is 320 g/mol. The van der Waals surface area contributed by atoms with Crippen LogP contribution in [0.2, 0.25) is 0 Å². The number of hydrogen-bond donors (Lipinski definition) is 0. The van der Waals surface area contributed by atoms with Gasteiger partial charge in [-0.05, 0) is 49.4 Å². The molecule has 0 unspecified atom stereocenters. The topological polar surface area (TPSA) is 51.1 Å². The van der Waals surface area contributed by atoms with Gasteiger partial charge in [0.15, 0.2) is 16.7 Å². The lowest BCUT2D eigenvalue weighted by atomic mass is 10.2. The number of hydrogen-bond acceptors (Lipinski definition) is 5. The number of carbonyl (C=O) groups is 1. The minimum absolute atomic E-state index is 0.00511. The van der Waals surface area contributed by atoms with Crippen LogP contribution in [0.5, 0.6) is 11.5 Å². The number of ether oxygens (including phenoxy) is 2. The molecule has 0 spiro atoms. The summed E-state index contributed by atoms with van der Waals surface area (Å²) in [5.41, 5.74) is 0.891. The zero-order valence-corrected chi connectivity index (χ0v) is 14.1. The smallest absolute Gasteiger partial charge is 0.266 e. The molecule has 1 saturated heterocycles. The van der Waals surface area contributed by atoms with Gasteiger partial charge in [-0.3, -0.25) is 14.7 Å². The van der Waals surface area contributed by atoms with Gasteiger partial charge in [0.05, 0.1) is 19.1 Å². The van der Waals surface area contributed by atoms with Crippen molar-refractivity contribution in [3.8, 4) is 11.5 Å².